The highest BCUT2D eigenvalue weighted by molar-refractivity contribution is 5.70. The van der Waals surface area contributed by atoms with Crippen LogP contribution < -0.4 is 16.6 Å². The van der Waals surface area contributed by atoms with Crippen molar-refractivity contribution in [2.24, 2.45) is 14.1 Å². The summed E-state index contributed by atoms with van der Waals surface area (Å²) in [5.41, 5.74) is -0.115. The zero-order valence-corrected chi connectivity index (χ0v) is 14.1. The van der Waals surface area contributed by atoms with Gasteiger partial charge in [0.15, 0.2) is 11.2 Å². The van der Waals surface area contributed by atoms with Crippen LogP contribution in [0, 0.1) is 0 Å². The van der Waals surface area contributed by atoms with Crippen LogP contribution in [0.1, 0.15) is 25.7 Å². The average molecular weight is 331 g/mol. The van der Waals surface area contributed by atoms with Gasteiger partial charge in [-0.1, -0.05) is 0 Å². The van der Waals surface area contributed by atoms with Gasteiger partial charge in [0.05, 0.1) is 12.6 Å². The van der Waals surface area contributed by atoms with Crippen LogP contribution in [0.25, 0.3) is 11.2 Å². The van der Waals surface area contributed by atoms with Gasteiger partial charge in [-0.3, -0.25) is 19.0 Å². The smallest absolute Gasteiger partial charge is 0.324 e. The summed E-state index contributed by atoms with van der Waals surface area (Å²) in [5.74, 6) is 0.691. The Morgan fingerprint density at radius 1 is 1.25 bits per heavy atom. The zero-order valence-electron chi connectivity index (χ0n) is 14.1. The van der Waals surface area contributed by atoms with E-state index in [-0.39, 0.29) is 12.1 Å². The summed E-state index contributed by atoms with van der Waals surface area (Å²) >= 11 is 0. The molecule has 3 aromatic rings. The van der Waals surface area contributed by atoms with Crippen molar-refractivity contribution in [1.82, 2.24) is 34.2 Å². The van der Waals surface area contributed by atoms with Crippen LogP contribution in [0.3, 0.4) is 0 Å². The number of hydrogen-bond donors (Lipinski definition) is 2. The molecule has 0 spiro atoms. The fourth-order valence-corrected chi connectivity index (χ4v) is 2.68. The molecule has 0 radical (unpaired) electrons. The van der Waals surface area contributed by atoms with Crippen LogP contribution >= 0.6 is 0 Å². The Kier molecular flexibility index (Phi) is 4.10. The molecule has 0 saturated heterocycles. The number of hydrogen-bond acceptors (Lipinski definition) is 5. The standard InChI is InChI=1S/C15H21N7O2/c1-9(10(2)22-7-5-6-17-22)16-8-11-18-13-12(20(11)3)14(23)19-15(24)21(13)4/h5-7,9-10,16H,8H2,1-4H3,(H,19,23,24)/t9-,10-/m0/s1. The van der Waals surface area contributed by atoms with Gasteiger partial charge < -0.3 is 9.88 Å². The third-order valence-electron chi connectivity index (χ3n) is 4.48. The fraction of sp³-hybridized carbons (Fsp3) is 0.467. The number of fused-ring (bicyclic) bond motifs is 1. The third-order valence-corrected chi connectivity index (χ3v) is 4.48. The monoisotopic (exact) mass is 331 g/mol. The maximum Gasteiger partial charge on any atom is 0.329 e. The number of nitrogens with zero attached hydrogens (tertiary/aromatic N) is 5. The second-order valence-corrected chi connectivity index (χ2v) is 5.97. The van der Waals surface area contributed by atoms with E-state index in [2.05, 4.69) is 34.2 Å². The van der Waals surface area contributed by atoms with E-state index in [4.69, 9.17) is 0 Å². The number of H-pyrrole nitrogens is 1. The second-order valence-electron chi connectivity index (χ2n) is 5.97. The lowest BCUT2D eigenvalue weighted by Gasteiger charge is -2.21. The number of aromatic nitrogens is 6. The number of aromatic amines is 1. The van der Waals surface area contributed by atoms with E-state index in [1.807, 2.05) is 16.9 Å². The summed E-state index contributed by atoms with van der Waals surface area (Å²) in [4.78, 5) is 30.5. The Bertz CT molecular complexity index is 964. The first kappa shape index (κ1) is 16.2. The van der Waals surface area contributed by atoms with Gasteiger partial charge in [-0.2, -0.15) is 5.10 Å². The quantitative estimate of drug-likeness (QED) is 0.679. The molecule has 9 heteroatoms. The van der Waals surface area contributed by atoms with Crippen molar-refractivity contribution in [3.63, 3.8) is 0 Å². The molecule has 3 aromatic heterocycles. The molecule has 128 valence electrons. The van der Waals surface area contributed by atoms with Crippen molar-refractivity contribution in [3.05, 3.63) is 45.1 Å². The molecule has 0 aliphatic carbocycles. The fourth-order valence-electron chi connectivity index (χ4n) is 2.68. The number of aryl methyl sites for hydroxylation is 2. The first-order valence-corrected chi connectivity index (χ1v) is 7.77. The lowest BCUT2D eigenvalue weighted by atomic mass is 10.2. The molecule has 3 rings (SSSR count). The minimum atomic E-state index is -0.467. The maximum absolute atomic E-state index is 12.0. The van der Waals surface area contributed by atoms with E-state index in [0.29, 0.717) is 23.5 Å². The molecule has 3 heterocycles. The van der Waals surface area contributed by atoms with Crippen molar-refractivity contribution in [3.8, 4) is 0 Å². The highest BCUT2D eigenvalue weighted by atomic mass is 16.2. The molecule has 24 heavy (non-hydrogen) atoms. The van der Waals surface area contributed by atoms with Crippen LogP contribution in [0.5, 0.6) is 0 Å². The summed E-state index contributed by atoms with van der Waals surface area (Å²) in [7, 11) is 3.36. The van der Waals surface area contributed by atoms with E-state index in [0.717, 1.165) is 0 Å². The molecule has 2 N–H and O–H groups in total. The van der Waals surface area contributed by atoms with Crippen molar-refractivity contribution in [1.29, 1.82) is 0 Å². The van der Waals surface area contributed by atoms with E-state index >= 15 is 0 Å². The Balaban J connectivity index is 1.85. The van der Waals surface area contributed by atoms with E-state index in [1.54, 1.807) is 24.9 Å². The summed E-state index contributed by atoms with van der Waals surface area (Å²) < 4.78 is 4.95. The SMILES string of the molecule is C[C@H](NCc1nc2c(c(=O)[nH]c(=O)n2C)n1C)[C@H](C)n1cccn1. The van der Waals surface area contributed by atoms with Crippen LogP contribution in [0.15, 0.2) is 28.0 Å². The molecular weight excluding hydrogens is 310 g/mol. The molecule has 0 fully saturated rings. The topological polar surface area (TPSA) is 103 Å². The van der Waals surface area contributed by atoms with Gasteiger partial charge in [-0.15, -0.1) is 0 Å². The molecule has 0 unspecified atom stereocenters. The van der Waals surface area contributed by atoms with Gasteiger partial charge in [-0.25, -0.2) is 9.78 Å². The minimum absolute atomic E-state index is 0.145. The molecule has 0 aromatic carbocycles. The van der Waals surface area contributed by atoms with Crippen molar-refractivity contribution >= 4 is 11.2 Å². The van der Waals surface area contributed by atoms with Crippen LogP contribution in [-0.4, -0.2) is 34.9 Å². The molecule has 0 saturated carbocycles. The molecule has 2 atom stereocenters. The first-order chi connectivity index (χ1) is 11.4. The van der Waals surface area contributed by atoms with E-state index in [9.17, 15) is 9.59 Å². The number of nitrogens with one attached hydrogen (secondary N) is 2. The summed E-state index contributed by atoms with van der Waals surface area (Å²) in [6.07, 6.45) is 3.68. The van der Waals surface area contributed by atoms with Crippen LogP contribution in [0.2, 0.25) is 0 Å². The minimum Gasteiger partial charge on any atom is -0.324 e. The zero-order chi connectivity index (χ0) is 17.4. The molecule has 0 amide bonds. The summed E-state index contributed by atoms with van der Waals surface area (Å²) in [6, 6.07) is 2.20. The van der Waals surface area contributed by atoms with Gasteiger partial charge in [0.2, 0.25) is 0 Å². The lowest BCUT2D eigenvalue weighted by Crippen LogP contribution is -2.34. The number of imidazole rings is 1. The largest absolute Gasteiger partial charge is 0.329 e. The summed E-state index contributed by atoms with van der Waals surface area (Å²) in [6.45, 7) is 4.62. The lowest BCUT2D eigenvalue weighted by molar-refractivity contribution is 0.361. The first-order valence-electron chi connectivity index (χ1n) is 7.77. The van der Waals surface area contributed by atoms with Crippen molar-refractivity contribution < 1.29 is 0 Å². The second kappa shape index (κ2) is 6.08. The Labute approximate surface area is 137 Å². The predicted molar refractivity (Wildman–Crippen MR) is 89.8 cm³/mol. The molecule has 0 bridgehead atoms. The van der Waals surface area contributed by atoms with Gasteiger partial charge in [0, 0.05) is 32.5 Å². The molecule has 9 nitrogen and oxygen atoms in total. The maximum atomic E-state index is 12.0. The normalized spacial score (nSPS) is 14.2. The molecule has 0 aliphatic heterocycles. The summed E-state index contributed by atoms with van der Waals surface area (Å²) in [5, 5.41) is 7.65. The molecular formula is C15H21N7O2. The van der Waals surface area contributed by atoms with Gasteiger partial charge in [-0.05, 0) is 19.9 Å². The number of rotatable bonds is 5. The van der Waals surface area contributed by atoms with Gasteiger partial charge in [0.25, 0.3) is 5.56 Å². The van der Waals surface area contributed by atoms with Gasteiger partial charge >= 0.3 is 5.69 Å². The highest BCUT2D eigenvalue weighted by Gasteiger charge is 2.17. The Hall–Kier alpha value is -2.68. The predicted octanol–water partition coefficient (Wildman–Crippen LogP) is -0.104. The Morgan fingerprint density at radius 3 is 2.67 bits per heavy atom. The highest BCUT2D eigenvalue weighted by Crippen LogP contribution is 2.12. The average Bonchev–Trinajstić information content (AvgIpc) is 3.18. The van der Waals surface area contributed by atoms with E-state index in [1.165, 1.54) is 4.57 Å². The van der Waals surface area contributed by atoms with Crippen molar-refractivity contribution in [2.45, 2.75) is 32.5 Å². The third kappa shape index (κ3) is 2.67. The van der Waals surface area contributed by atoms with Gasteiger partial charge in [0.1, 0.15) is 5.82 Å². The van der Waals surface area contributed by atoms with Crippen LogP contribution in [0.4, 0.5) is 0 Å². The van der Waals surface area contributed by atoms with Crippen molar-refractivity contribution in [2.75, 3.05) is 0 Å². The van der Waals surface area contributed by atoms with Crippen LogP contribution in [-0.2, 0) is 20.6 Å². The Morgan fingerprint density at radius 2 is 2.00 bits per heavy atom. The van der Waals surface area contributed by atoms with E-state index < -0.39 is 11.2 Å². The molecule has 0 aliphatic rings.